The van der Waals surface area contributed by atoms with E-state index in [1.807, 2.05) is 0 Å². The van der Waals surface area contributed by atoms with Gasteiger partial charge in [0, 0.05) is 13.1 Å². The largest absolute Gasteiger partial charge is 0.315 e. The predicted molar refractivity (Wildman–Crippen MR) is 68.7 cm³/mol. The Kier molecular flexibility index (Phi) is 3.19. The number of aromatic nitrogens is 3. The Morgan fingerprint density at radius 1 is 1.33 bits per heavy atom. The molecule has 2 heterocycles. The third-order valence-corrected chi connectivity index (χ3v) is 5.14. The molecule has 21 heavy (non-hydrogen) atoms. The van der Waals surface area contributed by atoms with Crippen LogP contribution in [0.4, 0.5) is 4.39 Å². The lowest BCUT2D eigenvalue weighted by Crippen LogP contribution is -2.38. The van der Waals surface area contributed by atoms with E-state index in [2.05, 4.69) is 10.2 Å². The Balaban J connectivity index is 1.97. The minimum Gasteiger partial charge on any atom is -0.315 e. The van der Waals surface area contributed by atoms with Crippen molar-refractivity contribution < 1.29 is 12.8 Å². The molecule has 7 nitrogen and oxygen atoms in total. The van der Waals surface area contributed by atoms with Crippen LogP contribution in [-0.2, 0) is 23.1 Å². The van der Waals surface area contributed by atoms with E-state index in [1.165, 1.54) is 4.31 Å². The SMILES string of the molecule is N#Cc1cc(S(=O)(=O)N2CCn3cnnc3C2)ccc1F. The van der Waals surface area contributed by atoms with Gasteiger partial charge in [0.15, 0.2) is 0 Å². The molecule has 0 spiro atoms. The van der Waals surface area contributed by atoms with Crippen molar-refractivity contribution in [1.29, 1.82) is 5.26 Å². The first-order valence-electron chi connectivity index (χ1n) is 6.09. The standard InChI is InChI=1S/C12H10FN5O2S/c13-11-2-1-10(5-9(11)6-14)21(19,20)18-4-3-17-8-15-16-12(17)7-18/h1-2,5,8H,3-4,7H2. The summed E-state index contributed by atoms with van der Waals surface area (Å²) in [5, 5.41) is 16.4. The fraction of sp³-hybridized carbons (Fsp3) is 0.250. The number of rotatable bonds is 2. The normalized spacial score (nSPS) is 15.4. The molecule has 0 bridgehead atoms. The van der Waals surface area contributed by atoms with Gasteiger partial charge in [-0.15, -0.1) is 10.2 Å². The van der Waals surface area contributed by atoms with Crippen LogP contribution in [0.5, 0.6) is 0 Å². The predicted octanol–water partition coefficient (Wildman–Crippen LogP) is 0.493. The quantitative estimate of drug-likeness (QED) is 0.805. The lowest BCUT2D eigenvalue weighted by molar-refractivity contribution is 0.335. The van der Waals surface area contributed by atoms with Crippen LogP contribution in [0.15, 0.2) is 29.4 Å². The van der Waals surface area contributed by atoms with Crippen molar-refractivity contribution in [2.75, 3.05) is 6.54 Å². The number of hydrogen-bond donors (Lipinski definition) is 0. The maximum Gasteiger partial charge on any atom is 0.243 e. The Labute approximate surface area is 120 Å². The number of sulfonamides is 1. The molecular weight excluding hydrogens is 297 g/mol. The van der Waals surface area contributed by atoms with Crippen molar-refractivity contribution in [3.05, 3.63) is 41.7 Å². The lowest BCUT2D eigenvalue weighted by atomic mass is 10.2. The van der Waals surface area contributed by atoms with Crippen molar-refractivity contribution in [1.82, 2.24) is 19.1 Å². The molecular formula is C12H10FN5O2S. The molecule has 0 amide bonds. The highest BCUT2D eigenvalue weighted by Gasteiger charge is 2.29. The molecule has 0 atom stereocenters. The highest BCUT2D eigenvalue weighted by Crippen LogP contribution is 2.22. The topological polar surface area (TPSA) is 91.9 Å². The average Bonchev–Trinajstić information content (AvgIpc) is 2.94. The number of hydrogen-bond acceptors (Lipinski definition) is 5. The van der Waals surface area contributed by atoms with E-state index < -0.39 is 15.8 Å². The molecule has 0 aliphatic carbocycles. The molecule has 2 aromatic rings. The highest BCUT2D eigenvalue weighted by atomic mass is 32.2. The van der Waals surface area contributed by atoms with Gasteiger partial charge >= 0.3 is 0 Å². The number of nitriles is 1. The van der Waals surface area contributed by atoms with E-state index in [0.717, 1.165) is 18.2 Å². The summed E-state index contributed by atoms with van der Waals surface area (Å²) in [6, 6.07) is 4.82. The van der Waals surface area contributed by atoms with Gasteiger partial charge in [0.05, 0.1) is 17.0 Å². The minimum absolute atomic E-state index is 0.0988. The van der Waals surface area contributed by atoms with Crippen molar-refractivity contribution in [2.24, 2.45) is 0 Å². The summed E-state index contributed by atoms with van der Waals surface area (Å²) in [6.07, 6.45) is 1.55. The van der Waals surface area contributed by atoms with E-state index in [-0.39, 0.29) is 23.5 Å². The summed E-state index contributed by atoms with van der Waals surface area (Å²) in [5.41, 5.74) is -0.295. The van der Waals surface area contributed by atoms with Crippen LogP contribution < -0.4 is 0 Å². The maximum atomic E-state index is 13.3. The summed E-state index contributed by atoms with van der Waals surface area (Å²) >= 11 is 0. The fourth-order valence-corrected chi connectivity index (χ4v) is 3.56. The first kappa shape index (κ1) is 13.7. The Morgan fingerprint density at radius 2 is 2.14 bits per heavy atom. The average molecular weight is 307 g/mol. The molecule has 3 rings (SSSR count). The van der Waals surface area contributed by atoms with Gasteiger partial charge in [-0.25, -0.2) is 12.8 Å². The minimum atomic E-state index is -3.80. The third kappa shape index (κ3) is 2.28. The number of nitrogens with zero attached hydrogens (tertiary/aromatic N) is 5. The monoisotopic (exact) mass is 307 g/mol. The van der Waals surface area contributed by atoms with Gasteiger partial charge in [-0.1, -0.05) is 0 Å². The summed E-state index contributed by atoms with van der Waals surface area (Å²) < 4.78 is 41.4. The molecule has 0 fully saturated rings. The summed E-state index contributed by atoms with van der Waals surface area (Å²) in [6.45, 7) is 0.822. The Bertz CT molecular complexity index is 840. The van der Waals surface area contributed by atoms with Crippen molar-refractivity contribution >= 4 is 10.0 Å². The molecule has 0 saturated carbocycles. The second-order valence-electron chi connectivity index (χ2n) is 4.53. The zero-order valence-corrected chi connectivity index (χ0v) is 11.6. The highest BCUT2D eigenvalue weighted by molar-refractivity contribution is 7.89. The molecule has 1 aliphatic rings. The molecule has 108 valence electrons. The van der Waals surface area contributed by atoms with E-state index in [4.69, 9.17) is 5.26 Å². The van der Waals surface area contributed by atoms with Crippen molar-refractivity contribution in [2.45, 2.75) is 18.0 Å². The summed E-state index contributed by atoms with van der Waals surface area (Å²) in [7, 11) is -3.80. The molecule has 0 unspecified atom stereocenters. The second kappa shape index (κ2) is 4.91. The van der Waals surface area contributed by atoms with Crippen LogP contribution >= 0.6 is 0 Å². The third-order valence-electron chi connectivity index (χ3n) is 3.30. The molecule has 1 aromatic heterocycles. The van der Waals surface area contributed by atoms with E-state index in [9.17, 15) is 12.8 Å². The van der Waals surface area contributed by atoms with Gasteiger partial charge < -0.3 is 4.57 Å². The molecule has 1 aromatic carbocycles. The number of benzene rings is 1. The van der Waals surface area contributed by atoms with E-state index in [1.54, 1.807) is 17.0 Å². The molecule has 1 aliphatic heterocycles. The maximum absolute atomic E-state index is 13.3. The first-order valence-corrected chi connectivity index (χ1v) is 7.53. The Hall–Kier alpha value is -2.31. The van der Waals surface area contributed by atoms with Crippen LogP contribution in [0.25, 0.3) is 0 Å². The second-order valence-corrected chi connectivity index (χ2v) is 6.47. The van der Waals surface area contributed by atoms with Gasteiger partial charge in [-0.2, -0.15) is 9.57 Å². The number of halogens is 1. The lowest BCUT2D eigenvalue weighted by Gasteiger charge is -2.26. The summed E-state index contributed by atoms with van der Waals surface area (Å²) in [4.78, 5) is -0.103. The van der Waals surface area contributed by atoms with Gasteiger partial charge in [0.25, 0.3) is 0 Å². The van der Waals surface area contributed by atoms with Crippen LogP contribution in [0, 0.1) is 17.1 Å². The van der Waals surface area contributed by atoms with Gasteiger partial charge in [-0.05, 0) is 18.2 Å². The molecule has 0 N–H and O–H groups in total. The van der Waals surface area contributed by atoms with E-state index in [0.29, 0.717) is 12.4 Å². The summed E-state index contributed by atoms with van der Waals surface area (Å²) in [5.74, 6) is -0.192. The molecule has 9 heteroatoms. The van der Waals surface area contributed by atoms with Crippen LogP contribution in [-0.4, -0.2) is 34.0 Å². The Morgan fingerprint density at radius 3 is 2.90 bits per heavy atom. The number of fused-ring (bicyclic) bond motifs is 1. The zero-order chi connectivity index (χ0) is 15.0. The van der Waals surface area contributed by atoms with Crippen LogP contribution in [0.3, 0.4) is 0 Å². The smallest absolute Gasteiger partial charge is 0.243 e. The molecule has 0 radical (unpaired) electrons. The van der Waals surface area contributed by atoms with Gasteiger partial charge in [0.1, 0.15) is 24.0 Å². The van der Waals surface area contributed by atoms with Crippen molar-refractivity contribution in [3.8, 4) is 6.07 Å². The van der Waals surface area contributed by atoms with Crippen LogP contribution in [0.2, 0.25) is 0 Å². The van der Waals surface area contributed by atoms with Crippen LogP contribution in [0.1, 0.15) is 11.4 Å². The fourth-order valence-electron chi connectivity index (χ4n) is 2.15. The van der Waals surface area contributed by atoms with E-state index >= 15 is 0 Å². The molecule has 0 saturated heterocycles. The van der Waals surface area contributed by atoms with Crippen molar-refractivity contribution in [3.63, 3.8) is 0 Å². The van der Waals surface area contributed by atoms with Gasteiger partial charge in [-0.3, -0.25) is 0 Å². The first-order chi connectivity index (χ1) is 10.0. The zero-order valence-electron chi connectivity index (χ0n) is 10.8. The van der Waals surface area contributed by atoms with Gasteiger partial charge in [0.2, 0.25) is 10.0 Å².